The molecule has 0 aliphatic heterocycles. The van der Waals surface area contributed by atoms with Crippen LogP contribution in [-0.4, -0.2) is 38.0 Å². The maximum Gasteiger partial charge on any atom is 0.326 e. The van der Waals surface area contributed by atoms with E-state index < -0.39 is 17.9 Å². The van der Waals surface area contributed by atoms with Crippen LogP contribution in [0.25, 0.3) is 0 Å². The lowest BCUT2D eigenvalue weighted by molar-refractivity contribution is -0.139. The van der Waals surface area contributed by atoms with E-state index in [1.54, 1.807) is 0 Å². The summed E-state index contributed by atoms with van der Waals surface area (Å²) in [5.41, 5.74) is 0.736. The highest BCUT2D eigenvalue weighted by Gasteiger charge is 2.22. The first-order chi connectivity index (χ1) is 9.58. The Bertz CT molecular complexity index is 615. The summed E-state index contributed by atoms with van der Waals surface area (Å²) < 4.78 is 0. The number of halogens is 1. The first kappa shape index (κ1) is 14.0. The fourth-order valence-electron chi connectivity index (χ4n) is 1.60. The molecule has 2 aromatic heterocycles. The number of H-pyrrole nitrogens is 1. The molecule has 104 valence electrons. The molecule has 2 rings (SSSR count). The first-order valence-electron chi connectivity index (χ1n) is 5.68. The van der Waals surface area contributed by atoms with Crippen molar-refractivity contribution in [3.05, 3.63) is 47.3 Å². The molecule has 20 heavy (non-hydrogen) atoms. The van der Waals surface area contributed by atoms with Gasteiger partial charge >= 0.3 is 5.97 Å². The van der Waals surface area contributed by atoms with Gasteiger partial charge in [-0.3, -0.25) is 9.78 Å². The van der Waals surface area contributed by atoms with Gasteiger partial charge in [-0.05, 0) is 6.07 Å². The Balaban J connectivity index is 2.10. The van der Waals surface area contributed by atoms with Crippen LogP contribution in [0.2, 0.25) is 5.02 Å². The standard InChI is InChI=1S/C12H11ClN4O3/c13-9-1-2-14-5-8(9)11(18)17-10(12(19)20)3-7-4-15-6-16-7/h1-2,4-6,10H,3H2,(H,15,16)(H,17,18)(H,19,20)/t10-/m1/s1. The van der Waals surface area contributed by atoms with E-state index in [1.165, 1.54) is 31.0 Å². The summed E-state index contributed by atoms with van der Waals surface area (Å²) in [4.78, 5) is 33.5. The number of aromatic nitrogens is 3. The van der Waals surface area contributed by atoms with E-state index >= 15 is 0 Å². The van der Waals surface area contributed by atoms with E-state index in [2.05, 4.69) is 20.3 Å². The van der Waals surface area contributed by atoms with E-state index in [9.17, 15) is 9.59 Å². The van der Waals surface area contributed by atoms with E-state index in [0.29, 0.717) is 5.69 Å². The van der Waals surface area contributed by atoms with Crippen molar-refractivity contribution < 1.29 is 14.7 Å². The largest absolute Gasteiger partial charge is 0.480 e. The maximum atomic E-state index is 12.0. The molecule has 1 atom stereocenters. The van der Waals surface area contributed by atoms with Crippen LogP contribution < -0.4 is 5.32 Å². The van der Waals surface area contributed by atoms with E-state index in [0.717, 1.165) is 0 Å². The Morgan fingerprint density at radius 1 is 1.40 bits per heavy atom. The molecular formula is C12H11ClN4O3. The maximum absolute atomic E-state index is 12.0. The van der Waals surface area contributed by atoms with Gasteiger partial charge in [-0.1, -0.05) is 11.6 Å². The number of amides is 1. The summed E-state index contributed by atoms with van der Waals surface area (Å²) in [6.07, 6.45) is 5.76. The van der Waals surface area contributed by atoms with E-state index in [4.69, 9.17) is 16.7 Å². The van der Waals surface area contributed by atoms with Gasteiger partial charge in [0.2, 0.25) is 0 Å². The van der Waals surface area contributed by atoms with Crippen molar-refractivity contribution in [2.24, 2.45) is 0 Å². The Hall–Kier alpha value is -2.41. The molecule has 1 amide bonds. The van der Waals surface area contributed by atoms with Crippen LogP contribution >= 0.6 is 11.6 Å². The van der Waals surface area contributed by atoms with Crippen molar-refractivity contribution in [2.75, 3.05) is 0 Å². The molecule has 0 aromatic carbocycles. The van der Waals surface area contributed by atoms with Crippen molar-refractivity contribution >= 4 is 23.5 Å². The lowest BCUT2D eigenvalue weighted by atomic mass is 10.1. The predicted octanol–water partition coefficient (Wildman–Crippen LogP) is 0.884. The predicted molar refractivity (Wildman–Crippen MR) is 70.4 cm³/mol. The SMILES string of the molecule is O=C(N[C@H](Cc1cnc[nH]1)C(=O)O)c1cnccc1Cl. The topological polar surface area (TPSA) is 108 Å². The molecule has 0 radical (unpaired) electrons. The van der Waals surface area contributed by atoms with E-state index in [-0.39, 0.29) is 17.0 Å². The second-order valence-corrected chi connectivity index (χ2v) is 4.41. The molecule has 0 saturated carbocycles. The fraction of sp³-hybridized carbons (Fsp3) is 0.167. The van der Waals surface area contributed by atoms with Gasteiger partial charge in [0.05, 0.1) is 16.9 Å². The van der Waals surface area contributed by atoms with Crippen LogP contribution in [0.3, 0.4) is 0 Å². The van der Waals surface area contributed by atoms with Gasteiger partial charge in [-0.15, -0.1) is 0 Å². The van der Waals surface area contributed by atoms with Crippen LogP contribution in [-0.2, 0) is 11.2 Å². The molecule has 3 N–H and O–H groups in total. The number of carbonyl (C=O) groups excluding carboxylic acids is 1. The summed E-state index contributed by atoms with van der Waals surface area (Å²) in [5.74, 6) is -1.73. The number of nitrogens with zero attached hydrogens (tertiary/aromatic N) is 2. The zero-order valence-electron chi connectivity index (χ0n) is 10.2. The smallest absolute Gasteiger partial charge is 0.326 e. The molecule has 0 saturated heterocycles. The van der Waals surface area contributed by atoms with Crippen LogP contribution in [0.1, 0.15) is 16.1 Å². The van der Waals surface area contributed by atoms with Gasteiger partial charge in [0.25, 0.3) is 5.91 Å². The lowest BCUT2D eigenvalue weighted by Gasteiger charge is -2.14. The Kier molecular flexibility index (Phi) is 4.31. The number of pyridine rings is 1. The first-order valence-corrected chi connectivity index (χ1v) is 6.06. The number of carboxylic acid groups (broad SMARTS) is 1. The minimum absolute atomic E-state index is 0.0962. The number of hydrogen-bond acceptors (Lipinski definition) is 4. The molecule has 2 aromatic rings. The van der Waals surface area contributed by atoms with Crippen molar-refractivity contribution in [3.8, 4) is 0 Å². The summed E-state index contributed by atoms with van der Waals surface area (Å²) in [6.45, 7) is 0. The molecule has 8 heteroatoms. The Morgan fingerprint density at radius 3 is 2.80 bits per heavy atom. The third-order valence-electron chi connectivity index (χ3n) is 2.59. The highest BCUT2D eigenvalue weighted by atomic mass is 35.5. The van der Waals surface area contributed by atoms with Crippen molar-refractivity contribution in [1.29, 1.82) is 0 Å². The zero-order chi connectivity index (χ0) is 14.5. The summed E-state index contributed by atoms with van der Waals surface area (Å²) in [7, 11) is 0. The zero-order valence-corrected chi connectivity index (χ0v) is 11.0. The number of hydrogen-bond donors (Lipinski definition) is 3. The summed E-state index contributed by atoms with van der Waals surface area (Å²) >= 11 is 5.86. The average molecular weight is 295 g/mol. The number of imidazole rings is 1. The molecule has 2 heterocycles. The second kappa shape index (κ2) is 6.16. The molecule has 7 nitrogen and oxygen atoms in total. The van der Waals surface area contributed by atoms with Gasteiger partial charge in [-0.2, -0.15) is 0 Å². The third-order valence-corrected chi connectivity index (χ3v) is 2.92. The van der Waals surface area contributed by atoms with Gasteiger partial charge in [-0.25, -0.2) is 9.78 Å². The monoisotopic (exact) mass is 294 g/mol. The number of carboxylic acids is 1. The van der Waals surface area contributed by atoms with Crippen LogP contribution in [0.15, 0.2) is 31.0 Å². The van der Waals surface area contributed by atoms with Crippen LogP contribution in [0, 0.1) is 0 Å². The second-order valence-electron chi connectivity index (χ2n) is 4.00. The molecule has 0 aliphatic carbocycles. The highest BCUT2D eigenvalue weighted by Crippen LogP contribution is 2.13. The van der Waals surface area contributed by atoms with Crippen molar-refractivity contribution in [3.63, 3.8) is 0 Å². The number of nitrogens with one attached hydrogen (secondary N) is 2. The Labute approximate surface area is 119 Å². The average Bonchev–Trinajstić information content (AvgIpc) is 2.91. The molecule has 0 unspecified atom stereocenters. The molecular weight excluding hydrogens is 284 g/mol. The quantitative estimate of drug-likeness (QED) is 0.759. The normalized spacial score (nSPS) is 11.8. The number of aliphatic carboxylic acids is 1. The summed E-state index contributed by atoms with van der Waals surface area (Å²) in [5, 5.41) is 11.8. The fourth-order valence-corrected chi connectivity index (χ4v) is 1.79. The van der Waals surface area contributed by atoms with Crippen molar-refractivity contribution in [2.45, 2.75) is 12.5 Å². The lowest BCUT2D eigenvalue weighted by Crippen LogP contribution is -2.42. The van der Waals surface area contributed by atoms with Gasteiger partial charge in [0, 0.05) is 30.7 Å². The van der Waals surface area contributed by atoms with Crippen LogP contribution in [0.5, 0.6) is 0 Å². The minimum Gasteiger partial charge on any atom is -0.480 e. The number of aromatic amines is 1. The Morgan fingerprint density at radius 2 is 2.20 bits per heavy atom. The van der Waals surface area contributed by atoms with Gasteiger partial charge < -0.3 is 15.4 Å². The molecule has 0 spiro atoms. The third kappa shape index (κ3) is 3.33. The van der Waals surface area contributed by atoms with Gasteiger partial charge in [0.1, 0.15) is 6.04 Å². The van der Waals surface area contributed by atoms with Crippen LogP contribution in [0.4, 0.5) is 0 Å². The van der Waals surface area contributed by atoms with Gasteiger partial charge in [0.15, 0.2) is 0 Å². The molecule has 0 fully saturated rings. The highest BCUT2D eigenvalue weighted by molar-refractivity contribution is 6.33. The molecule has 0 bridgehead atoms. The number of rotatable bonds is 5. The molecule has 0 aliphatic rings. The summed E-state index contributed by atoms with van der Waals surface area (Å²) in [6, 6.07) is 0.375. The minimum atomic E-state index is -1.15. The number of carbonyl (C=O) groups is 2. The van der Waals surface area contributed by atoms with E-state index in [1.807, 2.05) is 0 Å². The van der Waals surface area contributed by atoms with Crippen molar-refractivity contribution in [1.82, 2.24) is 20.3 Å².